The van der Waals surface area contributed by atoms with Crippen molar-refractivity contribution in [2.24, 2.45) is 0 Å². The Bertz CT molecular complexity index is 1970. The van der Waals surface area contributed by atoms with E-state index in [0.29, 0.717) is 26.9 Å². The van der Waals surface area contributed by atoms with Gasteiger partial charge in [-0.3, -0.25) is 4.72 Å². The van der Waals surface area contributed by atoms with Crippen LogP contribution >= 0.6 is 61.2 Å². The third-order valence-electron chi connectivity index (χ3n) is 5.04. The number of hydrogen-bond acceptors (Lipinski definition) is 10. The first kappa shape index (κ1) is 28.6. The Morgan fingerprint density at radius 3 is 2.42 bits per heavy atom. The van der Waals surface area contributed by atoms with Crippen LogP contribution in [0.25, 0.3) is 31.8 Å². The van der Waals surface area contributed by atoms with E-state index in [2.05, 4.69) is 68.4 Å². The fourth-order valence-electron chi connectivity index (χ4n) is 3.42. The molecule has 0 aliphatic rings. The molecule has 19 heteroatoms. The van der Waals surface area contributed by atoms with Gasteiger partial charge in [-0.1, -0.05) is 34.8 Å². The highest BCUT2D eigenvalue weighted by atomic mass is 127. The minimum Gasteiger partial charge on any atom is -0.383 e. The van der Waals surface area contributed by atoms with Crippen LogP contribution in [0.4, 0.5) is 24.7 Å². The van der Waals surface area contributed by atoms with E-state index < -0.39 is 27.6 Å². The van der Waals surface area contributed by atoms with Crippen molar-refractivity contribution in [1.82, 2.24) is 34.2 Å². The highest BCUT2D eigenvalue weighted by Gasteiger charge is 2.34. The first-order chi connectivity index (χ1) is 18.8. The van der Waals surface area contributed by atoms with Gasteiger partial charge < -0.3 is 5.73 Å². The van der Waals surface area contributed by atoms with Crippen molar-refractivity contribution in [2.75, 3.05) is 16.7 Å². The zero-order valence-electron chi connectivity index (χ0n) is 19.8. The van der Waals surface area contributed by atoms with E-state index in [0.717, 1.165) is 24.9 Å². The maximum absolute atomic E-state index is 13.2. The molecule has 6 rings (SSSR count). The van der Waals surface area contributed by atoms with Gasteiger partial charge in [-0.05, 0) is 56.7 Å². The number of imidazole rings is 2. The van der Waals surface area contributed by atoms with Crippen LogP contribution in [0.1, 0.15) is 5.56 Å². The van der Waals surface area contributed by atoms with Gasteiger partial charge in [-0.25, -0.2) is 27.9 Å². The Kier molecular flexibility index (Phi) is 7.76. The fourth-order valence-corrected chi connectivity index (χ4v) is 6.68. The molecule has 40 heavy (non-hydrogen) atoms. The molecule has 0 aliphatic heterocycles. The molecule has 0 fully saturated rings. The summed E-state index contributed by atoms with van der Waals surface area (Å²) in [4.78, 5) is 13.3. The molecule has 5 heterocycles. The predicted molar refractivity (Wildman–Crippen MR) is 159 cm³/mol. The van der Waals surface area contributed by atoms with E-state index in [1.807, 2.05) is 0 Å². The lowest BCUT2D eigenvalue weighted by Gasteiger charge is -2.10. The highest BCUT2D eigenvalue weighted by Crippen LogP contribution is 2.36. The van der Waals surface area contributed by atoms with Gasteiger partial charge >= 0.3 is 6.18 Å². The Balaban J connectivity index is 0.000000269. The van der Waals surface area contributed by atoms with E-state index in [9.17, 15) is 21.6 Å². The molecule has 0 bridgehead atoms. The second kappa shape index (κ2) is 10.8. The number of fused-ring (bicyclic) bond motifs is 2. The van der Waals surface area contributed by atoms with E-state index in [4.69, 9.17) is 5.73 Å². The molecule has 0 amide bonds. The van der Waals surface area contributed by atoms with Crippen molar-refractivity contribution in [3.63, 3.8) is 0 Å². The number of hydrogen-bond donors (Lipinski definition) is 2. The van der Waals surface area contributed by atoms with E-state index in [1.165, 1.54) is 39.6 Å². The Morgan fingerprint density at radius 1 is 1.00 bits per heavy atom. The first-order valence-corrected chi connectivity index (χ1v) is 16.1. The van der Waals surface area contributed by atoms with Gasteiger partial charge in [0.15, 0.2) is 3.92 Å². The zero-order valence-corrected chi connectivity index (χ0v) is 26.0. The summed E-state index contributed by atoms with van der Waals surface area (Å²) in [6.45, 7) is 0. The molecule has 0 saturated heterocycles. The van der Waals surface area contributed by atoms with Crippen molar-refractivity contribution < 1.29 is 21.6 Å². The monoisotopic (exact) mass is 783 g/mol. The fraction of sp³-hybridized carbons (Fsp3) is 0.0952. The van der Waals surface area contributed by atoms with Crippen LogP contribution in [-0.4, -0.2) is 48.9 Å². The van der Waals surface area contributed by atoms with Crippen molar-refractivity contribution in [3.8, 4) is 21.8 Å². The molecule has 0 aliphatic carbocycles. The standard InChI is InChI=1S/C17H13F3N6O2S2.C4HBrIN3S/c1-30(27,28)25-11-4-2-3-9(5-11)15-24-26-13(8-23-16(26)29-15)10-6-12(17(18,19)20)14(21)22-7-10;5-3-8-9-2(6)1-7-4(9)10-3/h2-8,25H,1H3,(H2,21,22);1H. The molecule has 0 spiro atoms. The average Bonchev–Trinajstić information content (AvgIpc) is 3.61. The number of benzene rings is 1. The lowest BCUT2D eigenvalue weighted by Crippen LogP contribution is -2.10. The van der Waals surface area contributed by atoms with Crippen molar-refractivity contribution in [3.05, 3.63) is 62.1 Å². The lowest BCUT2D eigenvalue weighted by atomic mass is 10.1. The summed E-state index contributed by atoms with van der Waals surface area (Å²) in [5.41, 5.74) is 5.79. The Morgan fingerprint density at radius 2 is 1.73 bits per heavy atom. The summed E-state index contributed by atoms with van der Waals surface area (Å²) in [6.07, 6.45) is 0.823. The number of nitrogens with zero attached hydrogens (tertiary/aromatic N) is 7. The SMILES string of the molecule is Brc1nn2c(I)cnc2s1.CS(=O)(=O)Nc1cccc(-c2nn3c(-c4cnc(N)c(C(F)(F)F)c4)cnc3s2)c1. The topological polar surface area (TPSA) is 145 Å². The number of sulfonamides is 1. The molecule has 0 unspecified atom stereocenters. The number of rotatable bonds is 4. The summed E-state index contributed by atoms with van der Waals surface area (Å²) < 4.78 is 69.9. The molecule has 3 N–H and O–H groups in total. The summed E-state index contributed by atoms with van der Waals surface area (Å²) in [5.74, 6) is -0.610. The summed E-state index contributed by atoms with van der Waals surface area (Å²) in [5, 5.41) is 9.09. The zero-order chi connectivity index (χ0) is 28.8. The largest absolute Gasteiger partial charge is 0.419 e. The average molecular weight is 784 g/mol. The van der Waals surface area contributed by atoms with Crippen molar-refractivity contribution in [2.45, 2.75) is 6.18 Å². The van der Waals surface area contributed by atoms with Crippen LogP contribution in [0.15, 0.2) is 52.8 Å². The Hall–Kier alpha value is -2.88. The second-order valence-electron chi connectivity index (χ2n) is 7.98. The molecule has 11 nitrogen and oxygen atoms in total. The smallest absolute Gasteiger partial charge is 0.383 e. The number of nitrogens with one attached hydrogen (secondary N) is 1. The third-order valence-corrected chi connectivity index (χ3v) is 8.71. The quantitative estimate of drug-likeness (QED) is 0.218. The van der Waals surface area contributed by atoms with Gasteiger partial charge in [0.05, 0.1) is 29.9 Å². The van der Waals surface area contributed by atoms with Crippen molar-refractivity contribution >= 4 is 92.6 Å². The summed E-state index contributed by atoms with van der Waals surface area (Å²) >= 11 is 8.20. The number of nitrogens with two attached hydrogens (primary N) is 1. The van der Waals surface area contributed by atoms with E-state index in [-0.39, 0.29) is 5.56 Å². The molecule has 208 valence electrons. The van der Waals surface area contributed by atoms with Gasteiger partial charge in [-0.15, -0.1) is 5.10 Å². The maximum Gasteiger partial charge on any atom is 0.419 e. The number of halogens is 5. The van der Waals surface area contributed by atoms with Gasteiger partial charge in [0.25, 0.3) is 0 Å². The molecule has 0 radical (unpaired) electrons. The van der Waals surface area contributed by atoms with Gasteiger partial charge in [0, 0.05) is 23.0 Å². The van der Waals surface area contributed by atoms with Gasteiger partial charge in [-0.2, -0.15) is 22.8 Å². The van der Waals surface area contributed by atoms with Crippen LogP contribution in [0.5, 0.6) is 0 Å². The van der Waals surface area contributed by atoms with Crippen LogP contribution in [0.2, 0.25) is 0 Å². The third kappa shape index (κ3) is 6.21. The first-order valence-electron chi connectivity index (χ1n) is 10.7. The van der Waals surface area contributed by atoms with Gasteiger partial charge in [0.1, 0.15) is 14.5 Å². The number of aromatic nitrogens is 7. The van der Waals surface area contributed by atoms with Crippen LogP contribution in [-0.2, 0) is 16.2 Å². The number of alkyl halides is 3. The molecular weight excluding hydrogens is 770 g/mol. The molecule has 0 atom stereocenters. The van der Waals surface area contributed by atoms with Crippen LogP contribution in [0, 0.1) is 3.70 Å². The molecular formula is C21H14BrF3IN9O2S3. The minimum atomic E-state index is -4.64. The predicted octanol–water partition coefficient (Wildman–Crippen LogP) is 5.65. The highest BCUT2D eigenvalue weighted by molar-refractivity contribution is 14.1. The molecule has 6 aromatic rings. The lowest BCUT2D eigenvalue weighted by molar-refractivity contribution is -0.137. The number of nitrogen functional groups attached to an aromatic ring is 1. The second-order valence-corrected chi connectivity index (χ2v) is 14.0. The van der Waals surface area contributed by atoms with Crippen LogP contribution < -0.4 is 10.5 Å². The summed E-state index contributed by atoms with van der Waals surface area (Å²) in [6, 6.07) is 7.49. The minimum absolute atomic E-state index is 0.161. The molecule has 0 saturated carbocycles. The normalized spacial score (nSPS) is 12.1. The van der Waals surface area contributed by atoms with Crippen LogP contribution in [0.3, 0.4) is 0 Å². The summed E-state index contributed by atoms with van der Waals surface area (Å²) in [7, 11) is -3.45. The molecule has 5 aromatic heterocycles. The van der Waals surface area contributed by atoms with E-state index >= 15 is 0 Å². The van der Waals surface area contributed by atoms with Gasteiger partial charge in [0.2, 0.25) is 19.9 Å². The number of pyridine rings is 1. The number of anilines is 2. The molecule has 1 aromatic carbocycles. The van der Waals surface area contributed by atoms with E-state index in [1.54, 1.807) is 35.0 Å². The maximum atomic E-state index is 13.2. The van der Waals surface area contributed by atoms with Crippen molar-refractivity contribution in [1.29, 1.82) is 0 Å². The Labute approximate surface area is 253 Å².